The van der Waals surface area contributed by atoms with E-state index in [1.165, 1.54) is 12.8 Å². The molecule has 0 rings (SSSR count). The van der Waals surface area contributed by atoms with Crippen LogP contribution in [0.4, 0.5) is 0 Å². The fourth-order valence-electron chi connectivity index (χ4n) is 1.19. The lowest BCUT2D eigenvalue weighted by Crippen LogP contribution is -2.44. The second-order valence-electron chi connectivity index (χ2n) is 3.56. The minimum atomic E-state index is -0.926. The van der Waals surface area contributed by atoms with Crippen molar-refractivity contribution in [2.24, 2.45) is 0 Å². The molecule has 0 aromatic carbocycles. The Morgan fingerprint density at radius 3 is 1.92 bits per heavy atom. The third-order valence-electron chi connectivity index (χ3n) is 1.82. The number of hydrogen-bond acceptors (Lipinski definition) is 2. The van der Waals surface area contributed by atoms with E-state index in [1.54, 1.807) is 0 Å². The highest BCUT2D eigenvalue weighted by atomic mass is 28.3. The normalized spacial score (nSPS) is 12.7. The van der Waals surface area contributed by atoms with Gasteiger partial charge in [0.25, 0.3) is 0 Å². The Bertz CT molecular complexity index is 124. The standard InChI is InChI=1S/C9H22N2Si/c1-6-7-8-9-12(10(2)3)11(4)5/h8-9,12H,6-7H2,1-5H3. The van der Waals surface area contributed by atoms with E-state index in [9.17, 15) is 0 Å². The van der Waals surface area contributed by atoms with Crippen molar-refractivity contribution in [2.45, 2.75) is 19.8 Å². The van der Waals surface area contributed by atoms with Crippen LogP contribution >= 0.6 is 0 Å². The number of nitrogens with zero attached hydrogens (tertiary/aromatic N) is 2. The average Bonchev–Trinajstić information content (AvgIpc) is 1.96. The maximum Gasteiger partial charge on any atom is 0.214 e. The fourth-order valence-corrected chi connectivity index (χ4v) is 3.24. The van der Waals surface area contributed by atoms with Crippen molar-refractivity contribution in [2.75, 3.05) is 28.2 Å². The molecule has 0 aromatic rings. The Labute approximate surface area is 78.6 Å². The Morgan fingerprint density at radius 1 is 1.08 bits per heavy atom. The van der Waals surface area contributed by atoms with Crippen molar-refractivity contribution in [3.63, 3.8) is 0 Å². The van der Waals surface area contributed by atoms with Gasteiger partial charge in [-0.3, -0.25) is 0 Å². The predicted molar refractivity (Wildman–Crippen MR) is 58.6 cm³/mol. The third-order valence-corrected chi connectivity index (χ3v) is 4.55. The Morgan fingerprint density at radius 2 is 1.58 bits per heavy atom. The second-order valence-corrected chi connectivity index (χ2v) is 6.84. The van der Waals surface area contributed by atoms with Crippen molar-refractivity contribution in [1.82, 2.24) is 9.13 Å². The summed E-state index contributed by atoms with van der Waals surface area (Å²) in [5.41, 5.74) is 2.39. The van der Waals surface area contributed by atoms with Gasteiger partial charge < -0.3 is 9.13 Å². The molecule has 12 heavy (non-hydrogen) atoms. The molecule has 0 saturated carbocycles. The molecular weight excluding hydrogens is 164 g/mol. The molecule has 2 nitrogen and oxygen atoms in total. The summed E-state index contributed by atoms with van der Waals surface area (Å²) in [5, 5.41) is 0. The van der Waals surface area contributed by atoms with E-state index < -0.39 is 9.12 Å². The summed E-state index contributed by atoms with van der Waals surface area (Å²) in [4.78, 5) is 0. The van der Waals surface area contributed by atoms with Gasteiger partial charge in [0.2, 0.25) is 9.12 Å². The number of rotatable bonds is 5. The lowest BCUT2D eigenvalue weighted by atomic mass is 10.3. The van der Waals surface area contributed by atoms with Crippen LogP contribution in [0.25, 0.3) is 0 Å². The number of unbranched alkanes of at least 4 members (excludes halogenated alkanes) is 1. The molecule has 0 radical (unpaired) electrons. The minimum absolute atomic E-state index is 0.926. The van der Waals surface area contributed by atoms with Crippen molar-refractivity contribution in [3.8, 4) is 0 Å². The topological polar surface area (TPSA) is 6.48 Å². The van der Waals surface area contributed by atoms with Gasteiger partial charge in [0.1, 0.15) is 0 Å². The summed E-state index contributed by atoms with van der Waals surface area (Å²) in [6.45, 7) is 2.21. The van der Waals surface area contributed by atoms with Gasteiger partial charge in [-0.15, -0.1) is 0 Å². The van der Waals surface area contributed by atoms with E-state index in [0.29, 0.717) is 0 Å². The number of hydrogen-bond donors (Lipinski definition) is 0. The Balaban J connectivity index is 3.95. The molecular formula is C9H22N2Si. The summed E-state index contributed by atoms with van der Waals surface area (Å²) in [5.74, 6) is 0. The van der Waals surface area contributed by atoms with Gasteiger partial charge in [-0.05, 0) is 34.6 Å². The summed E-state index contributed by atoms with van der Waals surface area (Å²) in [6.07, 6.45) is 4.78. The van der Waals surface area contributed by atoms with E-state index in [-0.39, 0.29) is 0 Å². The zero-order valence-corrected chi connectivity index (χ0v) is 10.2. The average molecular weight is 186 g/mol. The van der Waals surface area contributed by atoms with E-state index in [1.807, 2.05) is 0 Å². The van der Waals surface area contributed by atoms with E-state index >= 15 is 0 Å². The quantitative estimate of drug-likeness (QED) is 0.596. The summed E-state index contributed by atoms with van der Waals surface area (Å²) in [7, 11) is 7.71. The predicted octanol–water partition coefficient (Wildman–Crippen LogP) is 1.23. The van der Waals surface area contributed by atoms with Crippen molar-refractivity contribution in [3.05, 3.63) is 11.8 Å². The maximum absolute atomic E-state index is 2.39. The summed E-state index contributed by atoms with van der Waals surface area (Å²) in [6, 6.07) is 0. The molecule has 0 aromatic heterocycles. The van der Waals surface area contributed by atoms with Gasteiger partial charge in [0.05, 0.1) is 0 Å². The van der Waals surface area contributed by atoms with Gasteiger partial charge >= 0.3 is 0 Å². The molecule has 72 valence electrons. The van der Waals surface area contributed by atoms with Crippen LogP contribution in [0.15, 0.2) is 11.8 Å². The lowest BCUT2D eigenvalue weighted by Gasteiger charge is -2.25. The summed E-state index contributed by atoms with van der Waals surface area (Å²) >= 11 is 0. The van der Waals surface area contributed by atoms with Gasteiger partial charge in [0, 0.05) is 0 Å². The van der Waals surface area contributed by atoms with Gasteiger partial charge in [-0.25, -0.2) is 0 Å². The van der Waals surface area contributed by atoms with E-state index in [4.69, 9.17) is 0 Å². The molecule has 3 heteroatoms. The molecule has 0 heterocycles. The van der Waals surface area contributed by atoms with Crippen LogP contribution in [-0.4, -0.2) is 46.4 Å². The highest BCUT2D eigenvalue weighted by molar-refractivity contribution is 6.58. The second kappa shape index (κ2) is 6.40. The molecule has 0 aliphatic heterocycles. The zero-order valence-electron chi connectivity index (χ0n) is 9.04. The largest absolute Gasteiger partial charge is 0.317 e. The maximum atomic E-state index is 2.39. The van der Waals surface area contributed by atoms with Crippen LogP contribution in [0.5, 0.6) is 0 Å². The van der Waals surface area contributed by atoms with Crippen LogP contribution in [0, 0.1) is 0 Å². The number of allylic oxidation sites excluding steroid dienone is 1. The van der Waals surface area contributed by atoms with Crippen molar-refractivity contribution in [1.29, 1.82) is 0 Å². The van der Waals surface area contributed by atoms with E-state index in [0.717, 1.165) is 0 Å². The molecule has 0 atom stereocenters. The Kier molecular flexibility index (Phi) is 6.33. The first-order valence-electron chi connectivity index (χ1n) is 4.59. The van der Waals surface area contributed by atoms with Crippen LogP contribution in [0.3, 0.4) is 0 Å². The fraction of sp³-hybridized carbons (Fsp3) is 0.778. The lowest BCUT2D eigenvalue weighted by molar-refractivity contribution is 0.529. The third kappa shape index (κ3) is 4.69. The van der Waals surface area contributed by atoms with Crippen molar-refractivity contribution >= 4 is 9.12 Å². The molecule has 0 aliphatic carbocycles. The van der Waals surface area contributed by atoms with Gasteiger partial charge in [-0.2, -0.15) is 0 Å². The molecule has 0 aliphatic rings. The first kappa shape index (κ1) is 11.9. The highest BCUT2D eigenvalue weighted by Crippen LogP contribution is 1.96. The monoisotopic (exact) mass is 186 g/mol. The SMILES string of the molecule is CCCC=C[SiH](N(C)C)N(C)C. The van der Waals surface area contributed by atoms with Crippen molar-refractivity contribution < 1.29 is 0 Å². The van der Waals surface area contributed by atoms with Crippen LogP contribution in [-0.2, 0) is 0 Å². The van der Waals surface area contributed by atoms with Crippen LogP contribution in [0.1, 0.15) is 19.8 Å². The zero-order chi connectivity index (χ0) is 9.56. The van der Waals surface area contributed by atoms with Gasteiger partial charge in [0.15, 0.2) is 0 Å². The molecule has 0 fully saturated rings. The molecule has 0 bridgehead atoms. The summed E-state index contributed by atoms with van der Waals surface area (Å²) < 4.78 is 4.68. The molecule has 0 saturated heterocycles. The first-order chi connectivity index (χ1) is 5.59. The van der Waals surface area contributed by atoms with Crippen LogP contribution < -0.4 is 0 Å². The molecule has 0 N–H and O–H groups in total. The molecule has 0 unspecified atom stereocenters. The molecule has 0 spiro atoms. The van der Waals surface area contributed by atoms with Crippen LogP contribution in [0.2, 0.25) is 0 Å². The first-order valence-corrected chi connectivity index (χ1v) is 6.29. The van der Waals surface area contributed by atoms with Gasteiger partial charge in [-0.1, -0.05) is 25.1 Å². The highest BCUT2D eigenvalue weighted by Gasteiger charge is 2.11. The minimum Gasteiger partial charge on any atom is -0.317 e. The van der Waals surface area contributed by atoms with E-state index in [2.05, 4.69) is 56.0 Å². The Hall–Kier alpha value is -0.123. The smallest absolute Gasteiger partial charge is 0.214 e. The molecule has 0 amide bonds.